The number of para-hydroxylation sites is 1. The van der Waals surface area contributed by atoms with Crippen LogP contribution in [0.5, 0.6) is 0 Å². The molecular weight excluding hydrogens is 302 g/mol. The molecule has 0 fully saturated rings. The van der Waals surface area contributed by atoms with Crippen LogP contribution < -0.4 is 4.90 Å². The first kappa shape index (κ1) is 12.1. The van der Waals surface area contributed by atoms with E-state index in [0.717, 1.165) is 26.9 Å². The van der Waals surface area contributed by atoms with Crippen LogP contribution in [0.15, 0.2) is 59.3 Å². The summed E-state index contributed by atoms with van der Waals surface area (Å²) in [5, 5.41) is 0. The third-order valence-electron chi connectivity index (χ3n) is 3.03. The molecule has 0 aliphatic heterocycles. The molecule has 0 N–H and O–H groups in total. The Labute approximate surface area is 120 Å². The largest absolute Gasteiger partial charge is 0.343 e. The minimum Gasteiger partial charge on any atom is -0.343 e. The number of pyridine rings is 2. The summed E-state index contributed by atoms with van der Waals surface area (Å²) < 4.78 is 0.937. The number of aromatic nitrogens is 2. The number of benzene rings is 1. The van der Waals surface area contributed by atoms with Gasteiger partial charge in [0, 0.05) is 29.6 Å². The van der Waals surface area contributed by atoms with Crippen LogP contribution in [0, 0.1) is 0 Å². The predicted molar refractivity (Wildman–Crippen MR) is 81.7 cm³/mol. The van der Waals surface area contributed by atoms with Crippen molar-refractivity contribution in [1.82, 2.24) is 9.97 Å². The molecule has 19 heavy (non-hydrogen) atoms. The number of rotatable bonds is 2. The lowest BCUT2D eigenvalue weighted by Gasteiger charge is -2.20. The molecule has 1 aromatic carbocycles. The van der Waals surface area contributed by atoms with Gasteiger partial charge in [-0.2, -0.15) is 0 Å². The van der Waals surface area contributed by atoms with Crippen molar-refractivity contribution in [2.45, 2.75) is 0 Å². The van der Waals surface area contributed by atoms with Gasteiger partial charge in [0.2, 0.25) is 0 Å². The Kier molecular flexibility index (Phi) is 3.17. The Morgan fingerprint density at radius 3 is 2.63 bits per heavy atom. The Hall–Kier alpha value is -1.94. The van der Waals surface area contributed by atoms with Crippen LogP contribution in [0.1, 0.15) is 0 Å². The van der Waals surface area contributed by atoms with E-state index in [1.807, 2.05) is 43.6 Å². The summed E-state index contributed by atoms with van der Waals surface area (Å²) in [5.74, 6) is 0. The fourth-order valence-corrected chi connectivity index (χ4v) is 2.37. The van der Waals surface area contributed by atoms with Crippen LogP contribution in [0.25, 0.3) is 11.0 Å². The smallest absolute Gasteiger partial charge is 0.112 e. The number of nitrogens with zero attached hydrogens (tertiary/aromatic N) is 3. The molecule has 3 aromatic rings. The standard InChI is InChI=1S/C15H12BrN3/c1-19(12-5-3-2-4-6-12)14-7-8-17-13-9-11(16)10-18-15(13)14/h2-10H,1H3. The summed E-state index contributed by atoms with van der Waals surface area (Å²) in [6, 6.07) is 14.2. The van der Waals surface area contributed by atoms with Crippen molar-refractivity contribution in [2.75, 3.05) is 11.9 Å². The van der Waals surface area contributed by atoms with E-state index in [0.29, 0.717) is 0 Å². The summed E-state index contributed by atoms with van der Waals surface area (Å²) in [4.78, 5) is 11.0. The SMILES string of the molecule is CN(c1ccccc1)c1ccnc2cc(Br)cnc12. The number of halogens is 1. The fourth-order valence-electron chi connectivity index (χ4n) is 2.05. The third-order valence-corrected chi connectivity index (χ3v) is 3.46. The average molecular weight is 314 g/mol. The summed E-state index contributed by atoms with van der Waals surface area (Å²) in [6.45, 7) is 0. The van der Waals surface area contributed by atoms with Gasteiger partial charge in [-0.3, -0.25) is 9.97 Å². The van der Waals surface area contributed by atoms with E-state index >= 15 is 0 Å². The van der Waals surface area contributed by atoms with Crippen molar-refractivity contribution >= 4 is 38.3 Å². The van der Waals surface area contributed by atoms with Gasteiger partial charge in [-0.05, 0) is 40.2 Å². The Balaban J connectivity index is 2.15. The summed E-state index contributed by atoms with van der Waals surface area (Å²) in [7, 11) is 2.04. The van der Waals surface area contributed by atoms with Crippen molar-refractivity contribution in [3.05, 3.63) is 59.3 Å². The third kappa shape index (κ3) is 2.31. The van der Waals surface area contributed by atoms with E-state index in [9.17, 15) is 0 Å². The minimum atomic E-state index is 0.884. The van der Waals surface area contributed by atoms with Crippen LogP contribution in [-0.4, -0.2) is 17.0 Å². The Morgan fingerprint density at radius 1 is 1.05 bits per heavy atom. The Bertz CT molecular complexity index is 713. The quantitative estimate of drug-likeness (QED) is 0.711. The van der Waals surface area contributed by atoms with E-state index in [1.54, 1.807) is 6.20 Å². The zero-order valence-electron chi connectivity index (χ0n) is 10.4. The van der Waals surface area contributed by atoms with Crippen LogP contribution in [-0.2, 0) is 0 Å². The predicted octanol–water partition coefficient (Wildman–Crippen LogP) is 4.16. The first-order valence-electron chi connectivity index (χ1n) is 5.95. The van der Waals surface area contributed by atoms with Gasteiger partial charge in [0.1, 0.15) is 5.52 Å². The maximum absolute atomic E-state index is 4.48. The highest BCUT2D eigenvalue weighted by molar-refractivity contribution is 9.10. The monoisotopic (exact) mass is 313 g/mol. The molecule has 0 aliphatic rings. The molecule has 4 heteroatoms. The van der Waals surface area contributed by atoms with Crippen LogP contribution in [0.2, 0.25) is 0 Å². The van der Waals surface area contributed by atoms with E-state index in [-0.39, 0.29) is 0 Å². The zero-order chi connectivity index (χ0) is 13.2. The number of hydrogen-bond donors (Lipinski definition) is 0. The second-order valence-electron chi connectivity index (χ2n) is 4.25. The van der Waals surface area contributed by atoms with Gasteiger partial charge in [-0.15, -0.1) is 0 Å². The lowest BCUT2D eigenvalue weighted by Crippen LogP contribution is -2.10. The van der Waals surface area contributed by atoms with Gasteiger partial charge < -0.3 is 4.90 Å². The summed E-state index contributed by atoms with van der Waals surface area (Å²) >= 11 is 3.42. The topological polar surface area (TPSA) is 29.0 Å². The number of hydrogen-bond acceptors (Lipinski definition) is 3. The van der Waals surface area contributed by atoms with E-state index in [2.05, 4.69) is 42.9 Å². The average Bonchev–Trinajstić information content (AvgIpc) is 2.46. The first-order valence-corrected chi connectivity index (χ1v) is 6.74. The second kappa shape index (κ2) is 4.97. The molecule has 0 spiro atoms. The number of anilines is 2. The van der Waals surface area contributed by atoms with E-state index < -0.39 is 0 Å². The molecule has 0 saturated carbocycles. The van der Waals surface area contributed by atoms with Crippen LogP contribution in [0.4, 0.5) is 11.4 Å². The second-order valence-corrected chi connectivity index (χ2v) is 5.16. The van der Waals surface area contributed by atoms with Crippen molar-refractivity contribution < 1.29 is 0 Å². The maximum Gasteiger partial charge on any atom is 0.112 e. The fraction of sp³-hybridized carbons (Fsp3) is 0.0667. The highest BCUT2D eigenvalue weighted by atomic mass is 79.9. The lowest BCUT2D eigenvalue weighted by atomic mass is 10.2. The van der Waals surface area contributed by atoms with Crippen LogP contribution in [0.3, 0.4) is 0 Å². The van der Waals surface area contributed by atoms with Gasteiger partial charge in [-0.1, -0.05) is 18.2 Å². The van der Waals surface area contributed by atoms with Crippen molar-refractivity contribution in [3.8, 4) is 0 Å². The van der Waals surface area contributed by atoms with E-state index in [4.69, 9.17) is 0 Å². The molecule has 3 rings (SSSR count). The van der Waals surface area contributed by atoms with Crippen molar-refractivity contribution in [2.24, 2.45) is 0 Å². The van der Waals surface area contributed by atoms with Gasteiger partial charge in [0.05, 0.1) is 11.2 Å². The molecule has 94 valence electrons. The van der Waals surface area contributed by atoms with Crippen molar-refractivity contribution in [3.63, 3.8) is 0 Å². The van der Waals surface area contributed by atoms with Gasteiger partial charge in [0.25, 0.3) is 0 Å². The first-order chi connectivity index (χ1) is 9.25. The Morgan fingerprint density at radius 2 is 1.84 bits per heavy atom. The van der Waals surface area contributed by atoms with Gasteiger partial charge in [-0.25, -0.2) is 0 Å². The molecule has 0 aliphatic carbocycles. The molecule has 0 bridgehead atoms. The maximum atomic E-state index is 4.48. The highest BCUT2D eigenvalue weighted by Gasteiger charge is 2.09. The van der Waals surface area contributed by atoms with Gasteiger partial charge in [0.15, 0.2) is 0 Å². The summed E-state index contributed by atoms with van der Waals surface area (Å²) in [6.07, 6.45) is 3.61. The molecule has 0 atom stereocenters. The summed E-state index contributed by atoms with van der Waals surface area (Å²) in [5.41, 5.74) is 3.95. The van der Waals surface area contributed by atoms with Crippen LogP contribution >= 0.6 is 15.9 Å². The van der Waals surface area contributed by atoms with Gasteiger partial charge >= 0.3 is 0 Å². The molecule has 0 unspecified atom stereocenters. The lowest BCUT2D eigenvalue weighted by molar-refractivity contribution is 1.19. The molecule has 0 saturated heterocycles. The molecule has 0 amide bonds. The molecular formula is C15H12BrN3. The van der Waals surface area contributed by atoms with E-state index in [1.165, 1.54) is 0 Å². The number of fused-ring (bicyclic) bond motifs is 1. The zero-order valence-corrected chi connectivity index (χ0v) is 12.0. The molecule has 3 nitrogen and oxygen atoms in total. The minimum absolute atomic E-state index is 0.884. The molecule has 2 aromatic heterocycles. The molecule has 2 heterocycles. The highest BCUT2D eigenvalue weighted by Crippen LogP contribution is 2.29. The molecule has 0 radical (unpaired) electrons. The van der Waals surface area contributed by atoms with Crippen molar-refractivity contribution in [1.29, 1.82) is 0 Å². The normalized spacial score (nSPS) is 10.6.